The molecular weight excluding hydrogens is 398 g/mol. The molecule has 2 unspecified atom stereocenters. The molecule has 2 aromatic rings. The Morgan fingerprint density at radius 3 is 2.74 bits per heavy atom. The van der Waals surface area contributed by atoms with Gasteiger partial charge in [0.2, 0.25) is 5.88 Å². The van der Waals surface area contributed by atoms with Gasteiger partial charge in [-0.15, -0.1) is 0 Å². The first kappa shape index (κ1) is 20.8. The Bertz CT molecular complexity index is 1140. The number of methoxy groups -OCH3 is 2. The van der Waals surface area contributed by atoms with E-state index in [1.54, 1.807) is 35.9 Å². The predicted octanol–water partition coefficient (Wildman–Crippen LogP) is 2.57. The van der Waals surface area contributed by atoms with E-state index in [0.717, 1.165) is 18.5 Å². The third kappa shape index (κ3) is 3.62. The number of rotatable bonds is 5. The van der Waals surface area contributed by atoms with Gasteiger partial charge in [0.25, 0.3) is 5.56 Å². The summed E-state index contributed by atoms with van der Waals surface area (Å²) >= 11 is 0. The fraction of sp³-hybridized carbons (Fsp3) is 0.391. The molecule has 0 aliphatic carbocycles. The summed E-state index contributed by atoms with van der Waals surface area (Å²) in [4.78, 5) is 13.7. The normalized spacial score (nSPS) is 20.1. The second-order valence-electron chi connectivity index (χ2n) is 7.65. The Labute approximate surface area is 180 Å². The summed E-state index contributed by atoms with van der Waals surface area (Å²) < 4.78 is 24.0. The lowest BCUT2D eigenvalue weighted by atomic mass is 9.83. The summed E-state index contributed by atoms with van der Waals surface area (Å²) in [7, 11) is 3.09. The van der Waals surface area contributed by atoms with E-state index in [1.807, 2.05) is 6.92 Å². The molecule has 3 heterocycles. The number of benzene rings is 1. The van der Waals surface area contributed by atoms with Crippen molar-refractivity contribution in [2.24, 2.45) is 5.73 Å². The molecule has 4 rings (SSSR count). The lowest BCUT2D eigenvalue weighted by molar-refractivity contribution is 0.0954. The molecule has 0 radical (unpaired) electrons. The molecule has 1 aromatic heterocycles. The number of hydrogen-bond donors (Lipinski definition) is 1. The number of pyridine rings is 1. The largest absolute Gasteiger partial charge is 0.497 e. The summed E-state index contributed by atoms with van der Waals surface area (Å²) in [6, 6.07) is 9.18. The van der Waals surface area contributed by atoms with E-state index in [0.29, 0.717) is 41.5 Å². The number of aryl methyl sites for hydroxylation is 1. The first-order valence-electron chi connectivity index (χ1n) is 10.1. The van der Waals surface area contributed by atoms with E-state index >= 15 is 0 Å². The van der Waals surface area contributed by atoms with Crippen LogP contribution in [0.25, 0.3) is 0 Å². The number of allylic oxidation sites excluding steroid dienone is 1. The molecule has 8 nitrogen and oxygen atoms in total. The van der Waals surface area contributed by atoms with E-state index in [9.17, 15) is 10.1 Å². The number of hydrogen-bond acceptors (Lipinski definition) is 7. The van der Waals surface area contributed by atoms with Crippen LogP contribution < -0.4 is 25.5 Å². The average Bonchev–Trinajstić information content (AvgIpc) is 3.28. The highest BCUT2D eigenvalue weighted by atomic mass is 16.5. The molecule has 162 valence electrons. The molecule has 2 atom stereocenters. The van der Waals surface area contributed by atoms with Crippen LogP contribution in [0.2, 0.25) is 0 Å². The minimum atomic E-state index is -0.724. The Balaban J connectivity index is 1.92. The van der Waals surface area contributed by atoms with Crippen molar-refractivity contribution in [2.75, 3.05) is 20.8 Å². The maximum Gasteiger partial charge on any atom is 0.258 e. The number of nitrogens with zero attached hydrogens (tertiary/aromatic N) is 2. The van der Waals surface area contributed by atoms with Gasteiger partial charge in [0.15, 0.2) is 0 Å². The van der Waals surface area contributed by atoms with Gasteiger partial charge in [0.05, 0.1) is 38.3 Å². The van der Waals surface area contributed by atoms with Crippen LogP contribution in [-0.4, -0.2) is 31.5 Å². The van der Waals surface area contributed by atoms with Crippen LogP contribution in [0.1, 0.15) is 35.6 Å². The summed E-state index contributed by atoms with van der Waals surface area (Å²) in [5, 5.41) is 9.87. The van der Waals surface area contributed by atoms with E-state index in [2.05, 4.69) is 6.07 Å². The quantitative estimate of drug-likeness (QED) is 0.787. The molecular formula is C23H25N3O5. The van der Waals surface area contributed by atoms with Gasteiger partial charge < -0.3 is 29.2 Å². The topological polar surface area (TPSA) is 109 Å². The first-order chi connectivity index (χ1) is 15.0. The molecule has 0 bridgehead atoms. The molecule has 31 heavy (non-hydrogen) atoms. The van der Waals surface area contributed by atoms with Gasteiger partial charge in [-0.3, -0.25) is 4.79 Å². The highest BCUT2D eigenvalue weighted by Crippen LogP contribution is 2.44. The first-order valence-corrected chi connectivity index (χ1v) is 10.1. The molecule has 2 N–H and O–H groups in total. The number of nitriles is 1. The van der Waals surface area contributed by atoms with Crippen molar-refractivity contribution < 1.29 is 18.9 Å². The minimum absolute atomic E-state index is 0.0102. The molecule has 0 amide bonds. The lowest BCUT2D eigenvalue weighted by Gasteiger charge is -2.28. The fourth-order valence-corrected chi connectivity index (χ4v) is 4.27. The molecule has 1 fully saturated rings. The third-order valence-electron chi connectivity index (χ3n) is 5.85. The maximum absolute atomic E-state index is 13.7. The highest BCUT2D eigenvalue weighted by Gasteiger charge is 2.36. The summed E-state index contributed by atoms with van der Waals surface area (Å²) in [5.74, 6) is 0.698. The van der Waals surface area contributed by atoms with Crippen molar-refractivity contribution in [2.45, 2.75) is 38.3 Å². The van der Waals surface area contributed by atoms with Crippen LogP contribution in [0.5, 0.6) is 17.2 Å². The van der Waals surface area contributed by atoms with Crippen LogP contribution in [-0.2, 0) is 11.3 Å². The van der Waals surface area contributed by atoms with E-state index in [4.69, 9.17) is 24.7 Å². The van der Waals surface area contributed by atoms with Crippen LogP contribution in [0, 0.1) is 18.3 Å². The van der Waals surface area contributed by atoms with E-state index in [-0.39, 0.29) is 23.1 Å². The maximum atomic E-state index is 13.7. The van der Waals surface area contributed by atoms with Crippen LogP contribution in [0.15, 0.2) is 40.5 Å². The number of nitrogens with two attached hydrogens (primary N) is 1. The molecule has 2 aliphatic heterocycles. The van der Waals surface area contributed by atoms with Gasteiger partial charge in [0, 0.05) is 30.0 Å². The van der Waals surface area contributed by atoms with Crippen LogP contribution in [0.3, 0.4) is 0 Å². The zero-order valence-electron chi connectivity index (χ0n) is 17.8. The van der Waals surface area contributed by atoms with Crippen molar-refractivity contribution in [3.05, 3.63) is 62.9 Å². The average molecular weight is 423 g/mol. The van der Waals surface area contributed by atoms with Crippen molar-refractivity contribution in [1.82, 2.24) is 4.57 Å². The minimum Gasteiger partial charge on any atom is -0.497 e. The Morgan fingerprint density at radius 2 is 2.10 bits per heavy atom. The second-order valence-corrected chi connectivity index (χ2v) is 7.65. The highest BCUT2D eigenvalue weighted by molar-refractivity contribution is 5.59. The zero-order valence-corrected chi connectivity index (χ0v) is 17.8. The summed E-state index contributed by atoms with van der Waals surface area (Å²) in [6.45, 7) is 3.00. The van der Waals surface area contributed by atoms with Crippen LogP contribution >= 0.6 is 0 Å². The Kier molecular flexibility index (Phi) is 5.61. The predicted molar refractivity (Wildman–Crippen MR) is 113 cm³/mol. The Hall–Kier alpha value is -3.44. The van der Waals surface area contributed by atoms with Gasteiger partial charge in [-0.25, -0.2) is 0 Å². The number of ether oxygens (including phenoxy) is 4. The van der Waals surface area contributed by atoms with E-state index in [1.165, 1.54) is 7.11 Å². The lowest BCUT2D eigenvalue weighted by Crippen LogP contribution is -2.35. The van der Waals surface area contributed by atoms with Crippen molar-refractivity contribution >= 4 is 0 Å². The van der Waals surface area contributed by atoms with Gasteiger partial charge in [-0.2, -0.15) is 5.26 Å². The second kappa shape index (κ2) is 8.36. The Morgan fingerprint density at radius 1 is 1.29 bits per heavy atom. The van der Waals surface area contributed by atoms with Gasteiger partial charge >= 0.3 is 0 Å². The van der Waals surface area contributed by atoms with E-state index < -0.39 is 5.92 Å². The van der Waals surface area contributed by atoms with Gasteiger partial charge in [-0.05, 0) is 25.8 Å². The van der Waals surface area contributed by atoms with Gasteiger partial charge in [0.1, 0.15) is 28.9 Å². The third-order valence-corrected chi connectivity index (χ3v) is 5.85. The molecule has 2 aliphatic rings. The number of fused-ring (bicyclic) bond motifs is 1. The number of aromatic nitrogens is 1. The molecule has 0 saturated carbocycles. The van der Waals surface area contributed by atoms with Crippen molar-refractivity contribution in [3.63, 3.8) is 0 Å². The van der Waals surface area contributed by atoms with Gasteiger partial charge in [-0.1, -0.05) is 6.07 Å². The van der Waals surface area contributed by atoms with Crippen molar-refractivity contribution in [3.8, 4) is 23.3 Å². The molecule has 1 aromatic carbocycles. The molecule has 8 heteroatoms. The summed E-state index contributed by atoms with van der Waals surface area (Å²) in [6.07, 6.45) is 1.88. The van der Waals surface area contributed by atoms with Crippen molar-refractivity contribution in [1.29, 1.82) is 5.26 Å². The summed E-state index contributed by atoms with van der Waals surface area (Å²) in [5.41, 5.74) is 7.77. The smallest absolute Gasteiger partial charge is 0.258 e. The monoisotopic (exact) mass is 423 g/mol. The molecule has 1 saturated heterocycles. The zero-order chi connectivity index (χ0) is 22.1. The fourth-order valence-electron chi connectivity index (χ4n) is 4.27. The molecule has 0 spiro atoms. The van der Waals surface area contributed by atoms with Crippen LogP contribution in [0.4, 0.5) is 0 Å². The SMILES string of the molecule is COc1ccc(C2C(C#N)=C(N)Oc3cc(C)n(CC4CCCO4)c(=O)c32)c(OC)c1. The standard InChI is InChI=1S/C23H25N3O5/c1-13-9-19-21(23(27)26(13)12-15-5-4-8-30-15)20(17(11-24)22(25)31-19)16-7-6-14(28-2)10-18(16)29-3/h6-7,9-10,15,20H,4-5,8,12,25H2,1-3H3.